The summed E-state index contributed by atoms with van der Waals surface area (Å²) in [7, 11) is 0. The largest absolute Gasteiger partial charge is 0.454 e. The molecule has 6 N–H and O–H groups in total. The molecule has 8 unspecified atom stereocenters. The average molecular weight is 1160 g/mol. The van der Waals surface area contributed by atoms with Crippen LogP contribution in [0.5, 0.6) is 0 Å². The summed E-state index contributed by atoms with van der Waals surface area (Å²) in [6.45, 7) is 5.83. The van der Waals surface area contributed by atoms with Gasteiger partial charge in [0.25, 0.3) is 0 Å². The van der Waals surface area contributed by atoms with Gasteiger partial charge in [0.1, 0.15) is 24.4 Å². The number of hydrogen-bond donors (Lipinski definition) is 6. The lowest BCUT2D eigenvalue weighted by Crippen LogP contribution is -2.61. The molecule has 1 rings (SSSR count). The Labute approximate surface area is 505 Å². The van der Waals surface area contributed by atoms with Gasteiger partial charge in [0.05, 0.1) is 25.4 Å². The molecule has 1 saturated heterocycles. The number of esters is 1. The smallest absolute Gasteiger partial charge is 0.306 e. The number of aliphatic hydroxyl groups excluding tert-OH is 5. The van der Waals surface area contributed by atoms with Crippen LogP contribution in [0.2, 0.25) is 0 Å². The van der Waals surface area contributed by atoms with E-state index in [2.05, 4.69) is 38.2 Å². The monoisotopic (exact) mass is 1160 g/mol. The van der Waals surface area contributed by atoms with E-state index in [0.29, 0.717) is 12.8 Å². The fourth-order valence-corrected chi connectivity index (χ4v) is 11.5. The fourth-order valence-electron chi connectivity index (χ4n) is 11.5. The third-order valence-electron chi connectivity index (χ3n) is 17.1. The van der Waals surface area contributed by atoms with Gasteiger partial charge in [-0.1, -0.05) is 321 Å². The molecule has 484 valence electrons. The first kappa shape index (κ1) is 78.2. The maximum Gasteiger partial charge on any atom is 0.306 e. The molecule has 82 heavy (non-hydrogen) atoms. The first-order valence-electron chi connectivity index (χ1n) is 35.6. The minimum Gasteiger partial charge on any atom is -0.454 e. The number of carbonyl (C=O) groups is 2. The second kappa shape index (κ2) is 59.5. The number of allylic oxidation sites excluding steroid dienone is 3. The van der Waals surface area contributed by atoms with E-state index in [1.807, 2.05) is 6.08 Å². The maximum atomic E-state index is 13.4. The molecule has 0 aromatic heterocycles. The van der Waals surface area contributed by atoms with Crippen LogP contribution >= 0.6 is 0 Å². The van der Waals surface area contributed by atoms with Crippen LogP contribution in [-0.2, 0) is 23.8 Å². The fraction of sp³-hybridized carbons (Fsp3) is 0.915. The molecule has 11 heteroatoms. The van der Waals surface area contributed by atoms with Gasteiger partial charge in [0, 0.05) is 6.42 Å². The maximum absolute atomic E-state index is 13.4. The van der Waals surface area contributed by atoms with Crippen LogP contribution in [0, 0.1) is 0 Å². The van der Waals surface area contributed by atoms with Crippen LogP contribution in [0.1, 0.15) is 355 Å². The highest BCUT2D eigenvalue weighted by Crippen LogP contribution is 2.26. The van der Waals surface area contributed by atoms with E-state index >= 15 is 0 Å². The lowest BCUT2D eigenvalue weighted by atomic mass is 9.99. The third kappa shape index (κ3) is 46.4. The quantitative estimate of drug-likeness (QED) is 0.0195. The number of carbonyl (C=O) groups excluding carboxylic acids is 2. The topological polar surface area (TPSA) is 175 Å². The number of aliphatic hydroxyl groups is 5. The molecule has 0 aromatic carbocycles. The SMILES string of the molecule is CCCCCCCCC/C=C\CCCCC(O)C(=O)NC(COC1OC(CO)C(O)C(O)C1OC(=O)CCCCCCCCCCCCCCCCCCCCCCCCCCCCC)C(O)/C=C/CCCCCCCCCCCCC. The van der Waals surface area contributed by atoms with E-state index in [1.165, 1.54) is 250 Å². The van der Waals surface area contributed by atoms with Crippen molar-refractivity contribution in [1.29, 1.82) is 0 Å². The second-order valence-corrected chi connectivity index (χ2v) is 25.0. The van der Waals surface area contributed by atoms with Crippen molar-refractivity contribution in [3.05, 3.63) is 24.3 Å². The van der Waals surface area contributed by atoms with Crippen LogP contribution in [0.4, 0.5) is 0 Å². The van der Waals surface area contributed by atoms with Crippen molar-refractivity contribution in [1.82, 2.24) is 5.32 Å². The summed E-state index contributed by atoms with van der Waals surface area (Å²) in [5, 5.41) is 57.1. The summed E-state index contributed by atoms with van der Waals surface area (Å²) in [5.41, 5.74) is 0. The standard InChI is InChI=1S/C71H135NO10/c1-4-7-10-13-16-19-22-25-26-27-28-29-30-31-32-33-34-35-36-37-38-41-44-47-50-53-56-59-66(76)82-69-68(78)67(77)65(60-73)81-71(69)80-61-62(63(74)57-54-51-48-45-42-39-23-20-17-14-11-8-5-2)72-70(79)64(75)58-55-52-49-46-43-40-24-21-18-15-12-9-6-3/h43,46,54,57,62-65,67-69,71,73-75,77-78H,4-42,44-45,47-53,55-56,58-61H2,1-3H3,(H,72,79)/b46-43-,57-54+. The number of hydrogen-bond acceptors (Lipinski definition) is 10. The summed E-state index contributed by atoms with van der Waals surface area (Å²) in [5.74, 6) is -1.19. The average Bonchev–Trinajstić information content (AvgIpc) is 3.45. The second-order valence-electron chi connectivity index (χ2n) is 25.0. The molecule has 1 aliphatic heterocycles. The van der Waals surface area contributed by atoms with E-state index in [9.17, 15) is 35.1 Å². The molecule has 0 spiro atoms. The van der Waals surface area contributed by atoms with Crippen LogP contribution in [-0.4, -0.2) is 99.6 Å². The van der Waals surface area contributed by atoms with Gasteiger partial charge in [-0.3, -0.25) is 9.59 Å². The minimum absolute atomic E-state index is 0.129. The predicted octanol–water partition coefficient (Wildman–Crippen LogP) is 18.0. The van der Waals surface area contributed by atoms with Gasteiger partial charge in [-0.05, 0) is 51.4 Å². The number of rotatable bonds is 62. The van der Waals surface area contributed by atoms with Gasteiger partial charge in [-0.25, -0.2) is 0 Å². The lowest BCUT2D eigenvalue weighted by Gasteiger charge is -2.41. The van der Waals surface area contributed by atoms with Crippen LogP contribution in [0.3, 0.4) is 0 Å². The molecule has 0 saturated carbocycles. The molecule has 0 aromatic rings. The Morgan fingerprint density at radius 1 is 0.463 bits per heavy atom. The highest BCUT2D eigenvalue weighted by molar-refractivity contribution is 5.80. The molecule has 1 amide bonds. The number of unbranched alkanes of at least 4 members (excludes halogenated alkanes) is 46. The van der Waals surface area contributed by atoms with Crippen LogP contribution in [0.25, 0.3) is 0 Å². The predicted molar refractivity (Wildman–Crippen MR) is 343 cm³/mol. The normalized spacial score (nSPS) is 18.7. The first-order valence-corrected chi connectivity index (χ1v) is 35.6. The van der Waals surface area contributed by atoms with Crippen molar-refractivity contribution < 1.29 is 49.3 Å². The van der Waals surface area contributed by atoms with Gasteiger partial charge in [-0.2, -0.15) is 0 Å². The Hall–Kier alpha value is -1.86. The molecule has 11 nitrogen and oxygen atoms in total. The molecule has 0 radical (unpaired) electrons. The zero-order valence-corrected chi connectivity index (χ0v) is 53.9. The zero-order valence-electron chi connectivity index (χ0n) is 53.9. The molecule has 0 bridgehead atoms. The van der Waals surface area contributed by atoms with Crippen molar-refractivity contribution in [2.24, 2.45) is 0 Å². The van der Waals surface area contributed by atoms with Crippen molar-refractivity contribution in [3.8, 4) is 0 Å². The van der Waals surface area contributed by atoms with Gasteiger partial charge >= 0.3 is 5.97 Å². The van der Waals surface area contributed by atoms with Crippen molar-refractivity contribution in [3.63, 3.8) is 0 Å². The summed E-state index contributed by atoms with van der Waals surface area (Å²) in [6, 6.07) is -1.03. The molecule has 1 fully saturated rings. The number of amides is 1. The minimum atomic E-state index is -1.61. The van der Waals surface area contributed by atoms with Gasteiger partial charge in [0.15, 0.2) is 12.4 Å². The summed E-state index contributed by atoms with van der Waals surface area (Å²) >= 11 is 0. The van der Waals surface area contributed by atoms with Crippen LogP contribution < -0.4 is 5.32 Å². The Morgan fingerprint density at radius 3 is 1.18 bits per heavy atom. The summed E-state index contributed by atoms with van der Waals surface area (Å²) < 4.78 is 17.7. The van der Waals surface area contributed by atoms with Crippen molar-refractivity contribution >= 4 is 11.9 Å². The van der Waals surface area contributed by atoms with Crippen molar-refractivity contribution in [2.75, 3.05) is 13.2 Å². The lowest BCUT2D eigenvalue weighted by molar-refractivity contribution is -0.305. The first-order chi connectivity index (χ1) is 40.2. The zero-order chi connectivity index (χ0) is 59.6. The summed E-state index contributed by atoms with van der Waals surface area (Å²) in [6.07, 6.45) is 61.0. The van der Waals surface area contributed by atoms with E-state index < -0.39 is 67.4 Å². The van der Waals surface area contributed by atoms with E-state index in [1.54, 1.807) is 6.08 Å². The number of ether oxygens (including phenoxy) is 3. The highest BCUT2D eigenvalue weighted by atomic mass is 16.7. The highest BCUT2D eigenvalue weighted by Gasteiger charge is 2.47. The third-order valence-corrected chi connectivity index (χ3v) is 17.1. The molecule has 1 aliphatic rings. The Balaban J connectivity index is 2.52. The van der Waals surface area contributed by atoms with E-state index in [-0.39, 0.29) is 19.4 Å². The van der Waals surface area contributed by atoms with Gasteiger partial charge in [-0.15, -0.1) is 0 Å². The van der Waals surface area contributed by atoms with Crippen molar-refractivity contribution in [2.45, 2.75) is 404 Å². The van der Waals surface area contributed by atoms with Gasteiger partial charge < -0.3 is 45.1 Å². The molecule has 8 atom stereocenters. The molecule has 1 heterocycles. The Morgan fingerprint density at radius 2 is 0.805 bits per heavy atom. The Kier molecular flexibility index (Phi) is 56.7. The summed E-state index contributed by atoms with van der Waals surface area (Å²) in [4.78, 5) is 26.6. The molecular formula is C71H135NO10. The Bertz CT molecular complexity index is 1430. The van der Waals surface area contributed by atoms with E-state index in [4.69, 9.17) is 14.2 Å². The number of nitrogens with one attached hydrogen (secondary N) is 1. The van der Waals surface area contributed by atoms with E-state index in [0.717, 1.165) is 57.8 Å². The molecular weight excluding hydrogens is 1030 g/mol. The molecule has 0 aliphatic carbocycles. The van der Waals surface area contributed by atoms with Gasteiger partial charge in [0.2, 0.25) is 5.91 Å². The van der Waals surface area contributed by atoms with Crippen LogP contribution in [0.15, 0.2) is 24.3 Å².